The molecule has 0 bridgehead atoms. The van der Waals surface area contributed by atoms with Gasteiger partial charge in [-0.15, -0.1) is 0 Å². The van der Waals surface area contributed by atoms with Crippen molar-refractivity contribution in [3.05, 3.63) is 114 Å². The van der Waals surface area contributed by atoms with Crippen molar-refractivity contribution in [2.24, 2.45) is 0 Å². The molecular formula is C25H19N7. The van der Waals surface area contributed by atoms with Crippen molar-refractivity contribution in [1.82, 2.24) is 30.0 Å². The molecule has 0 amide bonds. The van der Waals surface area contributed by atoms with E-state index in [0.717, 1.165) is 33.8 Å². The van der Waals surface area contributed by atoms with Crippen LogP contribution in [0.5, 0.6) is 0 Å². The van der Waals surface area contributed by atoms with E-state index in [1.165, 1.54) is 0 Å². The van der Waals surface area contributed by atoms with Gasteiger partial charge in [0.15, 0.2) is 0 Å². The second-order valence-corrected chi connectivity index (χ2v) is 7.54. The summed E-state index contributed by atoms with van der Waals surface area (Å²) in [7, 11) is 0. The molecule has 0 unspecified atom stereocenters. The number of nitrogens with zero attached hydrogens (tertiary/aromatic N) is 6. The molecule has 0 saturated heterocycles. The van der Waals surface area contributed by atoms with E-state index in [1.807, 2.05) is 71.4 Å². The number of nitrogens with one attached hydrogen (secondary N) is 1. The van der Waals surface area contributed by atoms with Crippen molar-refractivity contribution in [2.45, 2.75) is 6.04 Å². The smallest absolute Gasteiger partial charge is 0.248 e. The lowest BCUT2D eigenvalue weighted by Gasteiger charge is -2.23. The molecule has 1 atom stereocenters. The zero-order chi connectivity index (χ0) is 21.3. The van der Waals surface area contributed by atoms with E-state index in [9.17, 15) is 0 Å². The van der Waals surface area contributed by atoms with Gasteiger partial charge >= 0.3 is 0 Å². The normalized spacial score (nSPS) is 15.0. The molecule has 3 heterocycles. The summed E-state index contributed by atoms with van der Waals surface area (Å²) in [6, 6.07) is 30.3. The van der Waals surface area contributed by atoms with Gasteiger partial charge in [-0.3, -0.25) is 0 Å². The van der Waals surface area contributed by atoms with Crippen molar-refractivity contribution >= 4 is 11.6 Å². The summed E-state index contributed by atoms with van der Waals surface area (Å²) in [6.45, 7) is 0. The quantitative estimate of drug-likeness (QED) is 0.463. The molecule has 7 heteroatoms. The van der Waals surface area contributed by atoms with E-state index in [0.29, 0.717) is 5.95 Å². The van der Waals surface area contributed by atoms with Crippen LogP contribution in [-0.4, -0.2) is 30.0 Å². The summed E-state index contributed by atoms with van der Waals surface area (Å²) >= 11 is 0. The first-order valence-electron chi connectivity index (χ1n) is 10.4. The van der Waals surface area contributed by atoms with E-state index in [2.05, 4.69) is 57.4 Å². The number of para-hydroxylation sites is 1. The highest BCUT2D eigenvalue weighted by molar-refractivity contribution is 5.78. The van der Waals surface area contributed by atoms with Gasteiger partial charge in [0.2, 0.25) is 5.95 Å². The van der Waals surface area contributed by atoms with Gasteiger partial charge in [0.1, 0.15) is 6.04 Å². The zero-order valence-electron chi connectivity index (χ0n) is 17.1. The maximum Gasteiger partial charge on any atom is 0.248 e. The Hall–Kier alpha value is -4.52. The molecule has 0 saturated carbocycles. The molecule has 2 aromatic heterocycles. The minimum absolute atomic E-state index is 0.218. The molecule has 6 rings (SSSR count). The van der Waals surface area contributed by atoms with Gasteiger partial charge in [-0.25, -0.2) is 4.68 Å². The highest BCUT2D eigenvalue weighted by atomic mass is 15.6. The number of rotatable bonds is 4. The second-order valence-electron chi connectivity index (χ2n) is 7.54. The number of allylic oxidation sites excluding steroid dienone is 1. The standard InChI is InChI=1S/C25H19N7/c1-4-10-18(11-5-1)22-16-23(32-25(26-22)27-29-30-32)21-17-31(20-14-8-3-9-15-20)28-24(21)19-12-6-2-7-13-19/h1-17,23H,(H,26,27,30)/t23-/m0/s1. The fourth-order valence-electron chi connectivity index (χ4n) is 4.00. The summed E-state index contributed by atoms with van der Waals surface area (Å²) in [5.74, 6) is 0.600. The first-order chi connectivity index (χ1) is 15.9. The highest BCUT2D eigenvalue weighted by Crippen LogP contribution is 2.36. The van der Waals surface area contributed by atoms with E-state index in [1.54, 1.807) is 4.68 Å². The lowest BCUT2D eigenvalue weighted by molar-refractivity contribution is 0.586. The Balaban J connectivity index is 1.55. The maximum absolute atomic E-state index is 4.97. The molecule has 0 radical (unpaired) electrons. The second kappa shape index (κ2) is 7.63. The van der Waals surface area contributed by atoms with Gasteiger partial charge in [0.05, 0.1) is 11.4 Å². The number of aromatic nitrogens is 6. The molecule has 0 spiro atoms. The van der Waals surface area contributed by atoms with Crippen LogP contribution in [0.15, 0.2) is 103 Å². The summed E-state index contributed by atoms with van der Waals surface area (Å²) in [6.07, 6.45) is 4.22. The Labute approximate surface area is 184 Å². The number of fused-ring (bicyclic) bond motifs is 1. The van der Waals surface area contributed by atoms with E-state index in [4.69, 9.17) is 5.10 Å². The summed E-state index contributed by atoms with van der Waals surface area (Å²) in [5, 5.41) is 20.7. The van der Waals surface area contributed by atoms with Crippen LogP contribution in [0.1, 0.15) is 17.2 Å². The molecule has 32 heavy (non-hydrogen) atoms. The van der Waals surface area contributed by atoms with Crippen LogP contribution in [0, 0.1) is 0 Å². The van der Waals surface area contributed by atoms with Gasteiger partial charge in [-0.1, -0.05) is 84.0 Å². The maximum atomic E-state index is 4.97. The molecular weight excluding hydrogens is 398 g/mol. The minimum Gasteiger partial charge on any atom is -0.323 e. The van der Waals surface area contributed by atoms with Crippen LogP contribution in [0.4, 0.5) is 5.95 Å². The summed E-state index contributed by atoms with van der Waals surface area (Å²) < 4.78 is 3.71. The average molecular weight is 417 g/mol. The average Bonchev–Trinajstić information content (AvgIpc) is 3.53. The van der Waals surface area contributed by atoms with E-state index in [-0.39, 0.29) is 6.04 Å². The molecule has 1 aliphatic heterocycles. The predicted molar refractivity (Wildman–Crippen MR) is 123 cm³/mol. The molecule has 3 aromatic carbocycles. The van der Waals surface area contributed by atoms with Crippen LogP contribution in [0.3, 0.4) is 0 Å². The predicted octanol–water partition coefficient (Wildman–Crippen LogP) is 4.58. The summed E-state index contributed by atoms with van der Waals surface area (Å²) in [4.78, 5) is 0. The van der Waals surface area contributed by atoms with Crippen molar-refractivity contribution in [3.63, 3.8) is 0 Å². The lowest BCUT2D eigenvalue weighted by atomic mass is 9.99. The van der Waals surface area contributed by atoms with Crippen LogP contribution < -0.4 is 5.32 Å². The number of anilines is 1. The van der Waals surface area contributed by atoms with Gasteiger partial charge < -0.3 is 5.32 Å². The third-order valence-electron chi connectivity index (χ3n) is 5.54. The SMILES string of the molecule is C1=C(c2ccccc2)Nc2nnnn2[C@@H]1c1cn(-c2ccccc2)nc1-c1ccccc1. The number of hydrogen-bond donors (Lipinski definition) is 1. The number of tetrazole rings is 1. The van der Waals surface area contributed by atoms with Gasteiger partial charge in [0.25, 0.3) is 0 Å². The zero-order valence-corrected chi connectivity index (χ0v) is 17.1. The lowest BCUT2D eigenvalue weighted by Crippen LogP contribution is -2.20. The first-order valence-corrected chi connectivity index (χ1v) is 10.4. The van der Waals surface area contributed by atoms with Crippen molar-refractivity contribution in [1.29, 1.82) is 0 Å². The first kappa shape index (κ1) is 18.3. The molecule has 1 aliphatic rings. The fourth-order valence-corrected chi connectivity index (χ4v) is 4.00. The molecule has 7 nitrogen and oxygen atoms in total. The Morgan fingerprint density at radius 3 is 2.12 bits per heavy atom. The Bertz CT molecular complexity index is 1390. The van der Waals surface area contributed by atoms with Gasteiger partial charge in [0, 0.05) is 23.0 Å². The number of benzene rings is 3. The Morgan fingerprint density at radius 2 is 1.41 bits per heavy atom. The van der Waals surface area contributed by atoms with Crippen molar-refractivity contribution < 1.29 is 0 Å². The van der Waals surface area contributed by atoms with Crippen molar-refractivity contribution in [3.8, 4) is 16.9 Å². The summed E-state index contributed by atoms with van der Waals surface area (Å²) in [5.41, 5.74) is 5.98. The largest absolute Gasteiger partial charge is 0.323 e. The highest BCUT2D eigenvalue weighted by Gasteiger charge is 2.28. The topological polar surface area (TPSA) is 73.5 Å². The Morgan fingerprint density at radius 1 is 0.750 bits per heavy atom. The minimum atomic E-state index is -0.218. The van der Waals surface area contributed by atoms with E-state index >= 15 is 0 Å². The third kappa shape index (κ3) is 3.16. The third-order valence-corrected chi connectivity index (χ3v) is 5.54. The molecule has 0 aliphatic carbocycles. The molecule has 5 aromatic rings. The number of hydrogen-bond acceptors (Lipinski definition) is 5. The molecule has 154 valence electrons. The Kier molecular flexibility index (Phi) is 4.35. The van der Waals surface area contributed by atoms with Crippen LogP contribution in [0.25, 0.3) is 22.6 Å². The fraction of sp³-hybridized carbons (Fsp3) is 0.0400. The van der Waals surface area contributed by atoms with Crippen LogP contribution in [0.2, 0.25) is 0 Å². The van der Waals surface area contributed by atoms with Gasteiger partial charge in [-0.2, -0.15) is 9.78 Å². The van der Waals surface area contributed by atoms with Gasteiger partial charge in [-0.05, 0) is 34.2 Å². The van der Waals surface area contributed by atoms with E-state index < -0.39 is 0 Å². The monoisotopic (exact) mass is 417 g/mol. The molecule has 1 N–H and O–H groups in total. The molecule has 0 fully saturated rings. The van der Waals surface area contributed by atoms with Crippen molar-refractivity contribution in [2.75, 3.05) is 5.32 Å². The van der Waals surface area contributed by atoms with Crippen LogP contribution in [-0.2, 0) is 0 Å². The van der Waals surface area contributed by atoms with Crippen LogP contribution >= 0.6 is 0 Å².